The molecule has 3 aromatic heterocycles. The molecule has 0 fully saturated rings. The largest absolute Gasteiger partial charge is 0.494 e. The Bertz CT molecular complexity index is 1370. The van der Waals surface area contributed by atoms with Gasteiger partial charge in [-0.05, 0) is 24.3 Å². The average molecular weight is 414 g/mol. The van der Waals surface area contributed by atoms with Crippen molar-refractivity contribution in [3.63, 3.8) is 0 Å². The van der Waals surface area contributed by atoms with Crippen LogP contribution in [0.2, 0.25) is 0 Å². The lowest BCUT2D eigenvalue weighted by atomic mass is 10.2. The van der Waals surface area contributed by atoms with Gasteiger partial charge in [0.1, 0.15) is 22.2 Å². The van der Waals surface area contributed by atoms with E-state index in [-0.39, 0.29) is 16.3 Å². The van der Waals surface area contributed by atoms with Crippen LogP contribution in [0.1, 0.15) is 0 Å². The number of ether oxygens (including phenoxy) is 1. The number of anilines is 1. The minimum absolute atomic E-state index is 0.0496. The zero-order valence-corrected chi connectivity index (χ0v) is 16.7. The van der Waals surface area contributed by atoms with Gasteiger partial charge in [0.25, 0.3) is 10.0 Å². The monoisotopic (exact) mass is 414 g/mol. The van der Waals surface area contributed by atoms with Gasteiger partial charge in [-0.25, -0.2) is 18.2 Å². The first-order chi connectivity index (χ1) is 13.8. The van der Waals surface area contributed by atoms with Gasteiger partial charge in [0.05, 0.1) is 18.8 Å². The number of benzene rings is 1. The molecule has 0 aliphatic heterocycles. The topological polar surface area (TPSA) is 113 Å². The number of pyridine rings is 1. The number of nitrogens with zero attached hydrogens (tertiary/aromatic N) is 5. The number of methoxy groups -OCH3 is 1. The molecule has 0 atom stereocenters. The van der Waals surface area contributed by atoms with Crippen molar-refractivity contribution in [2.45, 2.75) is 4.90 Å². The fourth-order valence-electron chi connectivity index (χ4n) is 3.02. The molecule has 4 aromatic rings. The van der Waals surface area contributed by atoms with Crippen molar-refractivity contribution in [2.75, 3.05) is 11.8 Å². The summed E-state index contributed by atoms with van der Waals surface area (Å²) in [7, 11) is 0.834. The molecule has 0 radical (unpaired) electrons. The predicted molar refractivity (Wildman–Crippen MR) is 107 cm³/mol. The number of aryl methyl sites for hydroxylation is 2. The highest BCUT2D eigenvalue weighted by Gasteiger charge is 2.21. The van der Waals surface area contributed by atoms with Crippen LogP contribution in [0.15, 0.2) is 58.7 Å². The number of rotatable bonds is 5. The summed E-state index contributed by atoms with van der Waals surface area (Å²) in [4.78, 5) is 16.1. The summed E-state index contributed by atoms with van der Waals surface area (Å²) in [6, 6.07) is 6.33. The van der Waals surface area contributed by atoms with Gasteiger partial charge >= 0.3 is 5.69 Å². The molecule has 10 nitrogen and oxygen atoms in total. The highest BCUT2D eigenvalue weighted by molar-refractivity contribution is 7.92. The van der Waals surface area contributed by atoms with E-state index in [9.17, 15) is 13.2 Å². The predicted octanol–water partition coefficient (Wildman–Crippen LogP) is 1.27. The summed E-state index contributed by atoms with van der Waals surface area (Å²) in [5, 5.41) is 4.94. The van der Waals surface area contributed by atoms with Crippen LogP contribution in [0.4, 0.5) is 5.69 Å². The molecule has 0 saturated heterocycles. The van der Waals surface area contributed by atoms with E-state index in [1.54, 1.807) is 49.5 Å². The van der Waals surface area contributed by atoms with Crippen LogP contribution in [0.3, 0.4) is 0 Å². The van der Waals surface area contributed by atoms with Gasteiger partial charge in [-0.15, -0.1) is 0 Å². The Morgan fingerprint density at radius 3 is 2.48 bits per heavy atom. The second-order valence-corrected chi connectivity index (χ2v) is 8.05. The third kappa shape index (κ3) is 3.14. The smallest absolute Gasteiger partial charge is 0.333 e. The SMILES string of the molecule is COc1ccc2cnn(C)c2c1NS(=O)(=O)c1ccc(-n2ccn(C)c2=O)nc1. The third-order valence-corrected chi connectivity index (χ3v) is 5.88. The molecule has 3 heterocycles. The molecule has 0 saturated carbocycles. The zero-order valence-electron chi connectivity index (χ0n) is 15.9. The van der Waals surface area contributed by atoms with Gasteiger partial charge in [0.2, 0.25) is 0 Å². The van der Waals surface area contributed by atoms with Gasteiger partial charge in [0, 0.05) is 38.1 Å². The van der Waals surface area contributed by atoms with Crippen LogP contribution in [0.5, 0.6) is 5.75 Å². The Morgan fingerprint density at radius 1 is 1.07 bits per heavy atom. The molecule has 0 unspecified atom stereocenters. The van der Waals surface area contributed by atoms with Crippen molar-refractivity contribution in [1.82, 2.24) is 23.9 Å². The van der Waals surface area contributed by atoms with Gasteiger partial charge < -0.3 is 9.30 Å². The maximum Gasteiger partial charge on any atom is 0.333 e. The molecule has 0 bridgehead atoms. The van der Waals surface area contributed by atoms with E-state index in [0.717, 1.165) is 5.39 Å². The highest BCUT2D eigenvalue weighted by atomic mass is 32.2. The minimum Gasteiger partial charge on any atom is -0.494 e. The van der Waals surface area contributed by atoms with Crippen molar-refractivity contribution in [3.8, 4) is 11.6 Å². The summed E-state index contributed by atoms with van der Waals surface area (Å²) in [5.41, 5.74) is 0.598. The standard InChI is InChI=1S/C18H18N6O4S/c1-22-8-9-24(18(22)25)15-7-5-13(11-19-15)29(26,27)21-16-14(28-3)6-4-12-10-20-23(2)17(12)16/h4-11,21H,1-3H3. The number of fused-ring (bicyclic) bond motifs is 1. The molecule has 29 heavy (non-hydrogen) atoms. The number of hydrogen-bond acceptors (Lipinski definition) is 6. The lowest BCUT2D eigenvalue weighted by molar-refractivity contribution is 0.417. The molecule has 11 heteroatoms. The van der Waals surface area contributed by atoms with E-state index in [4.69, 9.17) is 4.74 Å². The Hall–Kier alpha value is -3.60. The van der Waals surface area contributed by atoms with E-state index in [2.05, 4.69) is 14.8 Å². The molecule has 0 spiro atoms. The van der Waals surface area contributed by atoms with Gasteiger partial charge in [-0.1, -0.05) is 0 Å². The first kappa shape index (κ1) is 18.7. The fourth-order valence-corrected chi connectivity index (χ4v) is 4.05. The maximum absolute atomic E-state index is 13.0. The molecule has 4 rings (SSSR count). The summed E-state index contributed by atoms with van der Waals surface area (Å²) in [6.07, 6.45) is 6.00. The number of sulfonamides is 1. The molecule has 1 aromatic carbocycles. The summed E-state index contributed by atoms with van der Waals surface area (Å²) < 4.78 is 38.1. The zero-order chi connectivity index (χ0) is 20.8. The molecule has 0 aliphatic carbocycles. The normalized spacial score (nSPS) is 11.7. The molecular formula is C18H18N6O4S. The molecule has 0 amide bonds. The Labute approximate surface area is 166 Å². The first-order valence-electron chi connectivity index (χ1n) is 8.54. The average Bonchev–Trinajstić information content (AvgIpc) is 3.25. The Kier molecular flexibility index (Phi) is 4.38. The molecule has 0 aliphatic rings. The second-order valence-electron chi connectivity index (χ2n) is 6.37. The quantitative estimate of drug-likeness (QED) is 0.526. The van der Waals surface area contributed by atoms with E-state index >= 15 is 0 Å². The van der Waals surface area contributed by atoms with Crippen molar-refractivity contribution in [1.29, 1.82) is 0 Å². The fraction of sp³-hybridized carbons (Fsp3) is 0.167. The number of hydrogen-bond donors (Lipinski definition) is 1. The second kappa shape index (κ2) is 6.78. The summed E-state index contributed by atoms with van der Waals surface area (Å²) in [5.74, 6) is 0.686. The number of imidazole rings is 1. The molecule has 150 valence electrons. The van der Waals surface area contributed by atoms with Crippen LogP contribution in [0.25, 0.3) is 16.7 Å². The highest BCUT2D eigenvalue weighted by Crippen LogP contribution is 2.34. The van der Waals surface area contributed by atoms with Crippen LogP contribution in [0, 0.1) is 0 Å². The summed E-state index contributed by atoms with van der Waals surface area (Å²) >= 11 is 0. The van der Waals surface area contributed by atoms with Crippen LogP contribution in [-0.2, 0) is 24.1 Å². The Morgan fingerprint density at radius 2 is 1.86 bits per heavy atom. The van der Waals surface area contributed by atoms with Crippen LogP contribution >= 0.6 is 0 Å². The van der Waals surface area contributed by atoms with Crippen LogP contribution < -0.4 is 15.1 Å². The Balaban J connectivity index is 1.73. The maximum atomic E-state index is 13.0. The van der Waals surface area contributed by atoms with Gasteiger partial charge in [-0.2, -0.15) is 5.10 Å². The lowest BCUT2D eigenvalue weighted by Gasteiger charge is -2.14. The van der Waals surface area contributed by atoms with E-state index in [1.807, 2.05) is 0 Å². The molecular weight excluding hydrogens is 396 g/mol. The van der Waals surface area contributed by atoms with Crippen LogP contribution in [-0.4, -0.2) is 39.4 Å². The van der Waals surface area contributed by atoms with E-state index < -0.39 is 10.0 Å². The van der Waals surface area contributed by atoms with Crippen molar-refractivity contribution >= 4 is 26.6 Å². The van der Waals surface area contributed by atoms with Crippen molar-refractivity contribution in [3.05, 3.63) is 59.5 Å². The minimum atomic E-state index is -3.96. The lowest BCUT2D eigenvalue weighted by Crippen LogP contribution is -2.21. The molecule has 1 N–H and O–H groups in total. The van der Waals surface area contributed by atoms with E-state index in [0.29, 0.717) is 17.1 Å². The van der Waals surface area contributed by atoms with Crippen molar-refractivity contribution < 1.29 is 13.2 Å². The third-order valence-electron chi connectivity index (χ3n) is 4.55. The number of aromatic nitrogens is 5. The van der Waals surface area contributed by atoms with E-state index in [1.165, 1.54) is 34.6 Å². The van der Waals surface area contributed by atoms with Crippen molar-refractivity contribution in [2.24, 2.45) is 14.1 Å². The number of nitrogens with one attached hydrogen (secondary N) is 1. The summed E-state index contributed by atoms with van der Waals surface area (Å²) in [6.45, 7) is 0. The van der Waals surface area contributed by atoms with Gasteiger partial charge in [0.15, 0.2) is 0 Å². The van der Waals surface area contributed by atoms with Gasteiger partial charge in [-0.3, -0.25) is 14.0 Å². The first-order valence-corrected chi connectivity index (χ1v) is 10.0.